The first-order valence-electron chi connectivity index (χ1n) is 5.24. The Morgan fingerprint density at radius 1 is 1.47 bits per heavy atom. The molecule has 0 saturated carbocycles. The van der Waals surface area contributed by atoms with Crippen LogP contribution in [-0.4, -0.2) is 59.6 Å². The summed E-state index contributed by atoms with van der Waals surface area (Å²) in [5.74, 6) is -1.74. The predicted octanol–water partition coefficient (Wildman–Crippen LogP) is -1.18. The lowest BCUT2D eigenvalue weighted by Crippen LogP contribution is -2.64. The van der Waals surface area contributed by atoms with Crippen LogP contribution in [-0.2, 0) is 19.1 Å². The molecule has 0 radical (unpaired) electrons. The Balaban J connectivity index is 2.55. The van der Waals surface area contributed by atoms with Gasteiger partial charge in [0.1, 0.15) is 18.8 Å². The van der Waals surface area contributed by atoms with Crippen LogP contribution in [0.15, 0.2) is 0 Å². The number of piperazine rings is 1. The summed E-state index contributed by atoms with van der Waals surface area (Å²) in [6.45, 7) is 3.21. The zero-order chi connectivity index (χ0) is 13.1. The highest BCUT2D eigenvalue weighted by atomic mass is 16.5. The molecule has 0 unspecified atom stereocenters. The number of hydrogen-bond donors (Lipinski definition) is 2. The van der Waals surface area contributed by atoms with Crippen LogP contribution in [0.25, 0.3) is 0 Å². The van der Waals surface area contributed by atoms with E-state index in [0.717, 1.165) is 0 Å². The third-order valence-electron chi connectivity index (χ3n) is 2.60. The third-order valence-corrected chi connectivity index (χ3v) is 2.60. The highest BCUT2D eigenvalue weighted by Gasteiger charge is 2.40. The molecule has 1 heterocycles. The van der Waals surface area contributed by atoms with Crippen molar-refractivity contribution in [3.05, 3.63) is 0 Å². The highest BCUT2D eigenvalue weighted by molar-refractivity contribution is 5.92. The number of rotatable bonds is 4. The second-order valence-electron chi connectivity index (χ2n) is 4.25. The van der Waals surface area contributed by atoms with Crippen molar-refractivity contribution >= 4 is 17.8 Å². The summed E-state index contributed by atoms with van der Waals surface area (Å²) in [6.07, 6.45) is 0. The summed E-state index contributed by atoms with van der Waals surface area (Å²) in [4.78, 5) is 35.0. The number of carbonyl (C=O) groups excluding carboxylic acids is 2. The Kier molecular flexibility index (Phi) is 4.06. The lowest BCUT2D eigenvalue weighted by molar-refractivity contribution is -0.154. The Morgan fingerprint density at radius 2 is 2.12 bits per heavy atom. The fourth-order valence-electron chi connectivity index (χ4n) is 1.64. The molecule has 0 aromatic heterocycles. The zero-order valence-electron chi connectivity index (χ0n) is 9.86. The normalized spacial score (nSPS) is 18.7. The fourth-order valence-corrected chi connectivity index (χ4v) is 1.64. The van der Waals surface area contributed by atoms with Gasteiger partial charge in [0.15, 0.2) is 0 Å². The van der Waals surface area contributed by atoms with Crippen molar-refractivity contribution in [3.8, 4) is 0 Å². The standard InChI is InChI=1S/C10H16N2O5/c1-10(2)9(16)11-3-4-12(10)7(13)5-17-6-8(14)15/h3-6H2,1-2H3,(H,11,16)(H,14,15). The van der Waals surface area contributed by atoms with Crippen LogP contribution < -0.4 is 5.32 Å². The molecule has 1 aliphatic heterocycles. The van der Waals surface area contributed by atoms with E-state index < -0.39 is 18.1 Å². The van der Waals surface area contributed by atoms with Gasteiger partial charge in [0.2, 0.25) is 11.8 Å². The van der Waals surface area contributed by atoms with E-state index in [1.807, 2.05) is 0 Å². The van der Waals surface area contributed by atoms with Gasteiger partial charge in [-0.25, -0.2) is 4.79 Å². The monoisotopic (exact) mass is 244 g/mol. The van der Waals surface area contributed by atoms with Crippen molar-refractivity contribution in [1.82, 2.24) is 10.2 Å². The molecule has 0 spiro atoms. The van der Waals surface area contributed by atoms with Crippen LogP contribution in [0.2, 0.25) is 0 Å². The molecule has 0 bridgehead atoms. The molecule has 7 heteroatoms. The molecule has 0 aromatic rings. The second kappa shape index (κ2) is 5.13. The minimum atomic E-state index is -1.13. The van der Waals surface area contributed by atoms with E-state index in [2.05, 4.69) is 5.32 Å². The van der Waals surface area contributed by atoms with Crippen molar-refractivity contribution in [2.45, 2.75) is 19.4 Å². The van der Waals surface area contributed by atoms with Gasteiger partial charge in [-0.2, -0.15) is 0 Å². The van der Waals surface area contributed by atoms with Crippen LogP contribution in [0.4, 0.5) is 0 Å². The predicted molar refractivity (Wildman–Crippen MR) is 57.3 cm³/mol. The molecular formula is C10H16N2O5. The van der Waals surface area contributed by atoms with Gasteiger partial charge in [0, 0.05) is 13.1 Å². The molecule has 0 aromatic carbocycles. The number of aliphatic carboxylic acids is 1. The summed E-state index contributed by atoms with van der Waals surface area (Å²) >= 11 is 0. The van der Waals surface area contributed by atoms with Crippen LogP contribution in [0, 0.1) is 0 Å². The van der Waals surface area contributed by atoms with Gasteiger partial charge in [-0.05, 0) is 13.8 Å². The number of hydrogen-bond acceptors (Lipinski definition) is 4. The number of nitrogens with one attached hydrogen (secondary N) is 1. The molecular weight excluding hydrogens is 228 g/mol. The number of carboxylic acid groups (broad SMARTS) is 1. The van der Waals surface area contributed by atoms with Gasteiger partial charge >= 0.3 is 5.97 Å². The van der Waals surface area contributed by atoms with Crippen molar-refractivity contribution in [2.24, 2.45) is 0 Å². The Labute approximate surface area is 98.7 Å². The molecule has 2 amide bonds. The number of amides is 2. The summed E-state index contributed by atoms with van der Waals surface area (Å²) in [7, 11) is 0. The minimum Gasteiger partial charge on any atom is -0.480 e. The summed E-state index contributed by atoms with van der Waals surface area (Å²) in [5.41, 5.74) is -0.929. The molecule has 0 atom stereocenters. The van der Waals surface area contributed by atoms with E-state index in [0.29, 0.717) is 13.1 Å². The van der Waals surface area contributed by atoms with Gasteiger partial charge in [0.25, 0.3) is 0 Å². The molecule has 0 aliphatic carbocycles. The highest BCUT2D eigenvalue weighted by Crippen LogP contribution is 2.17. The van der Waals surface area contributed by atoms with Crippen molar-refractivity contribution in [3.63, 3.8) is 0 Å². The van der Waals surface area contributed by atoms with Crippen LogP contribution in [0.3, 0.4) is 0 Å². The maximum Gasteiger partial charge on any atom is 0.329 e. The minimum absolute atomic E-state index is 0.227. The molecule has 1 aliphatic rings. The first-order valence-corrected chi connectivity index (χ1v) is 5.24. The molecule has 2 N–H and O–H groups in total. The maximum absolute atomic E-state index is 11.8. The largest absolute Gasteiger partial charge is 0.480 e. The number of ether oxygens (including phenoxy) is 1. The van der Waals surface area contributed by atoms with Crippen molar-refractivity contribution in [2.75, 3.05) is 26.3 Å². The van der Waals surface area contributed by atoms with Gasteiger partial charge in [-0.3, -0.25) is 9.59 Å². The smallest absolute Gasteiger partial charge is 0.329 e. The van der Waals surface area contributed by atoms with E-state index in [-0.39, 0.29) is 18.4 Å². The average molecular weight is 244 g/mol. The third kappa shape index (κ3) is 3.16. The van der Waals surface area contributed by atoms with E-state index in [1.165, 1.54) is 4.90 Å². The summed E-state index contributed by atoms with van der Waals surface area (Å²) < 4.78 is 4.72. The van der Waals surface area contributed by atoms with E-state index in [4.69, 9.17) is 9.84 Å². The van der Waals surface area contributed by atoms with Crippen LogP contribution in [0.1, 0.15) is 13.8 Å². The van der Waals surface area contributed by atoms with Crippen molar-refractivity contribution < 1.29 is 24.2 Å². The molecule has 96 valence electrons. The second-order valence-corrected chi connectivity index (χ2v) is 4.25. The summed E-state index contributed by atoms with van der Waals surface area (Å²) in [6, 6.07) is 0. The van der Waals surface area contributed by atoms with Gasteiger partial charge < -0.3 is 20.1 Å². The van der Waals surface area contributed by atoms with Gasteiger partial charge in [-0.15, -0.1) is 0 Å². The van der Waals surface area contributed by atoms with Gasteiger partial charge in [-0.1, -0.05) is 0 Å². The Hall–Kier alpha value is -1.63. The Bertz CT molecular complexity index is 340. The first kappa shape index (κ1) is 13.4. The van der Waals surface area contributed by atoms with E-state index >= 15 is 0 Å². The van der Waals surface area contributed by atoms with Crippen LogP contribution in [0.5, 0.6) is 0 Å². The fraction of sp³-hybridized carbons (Fsp3) is 0.700. The maximum atomic E-state index is 11.8. The molecule has 1 fully saturated rings. The number of carboxylic acids is 1. The quantitative estimate of drug-likeness (QED) is 0.649. The number of carbonyl (C=O) groups is 3. The molecule has 1 saturated heterocycles. The van der Waals surface area contributed by atoms with Gasteiger partial charge in [0.05, 0.1) is 0 Å². The molecule has 7 nitrogen and oxygen atoms in total. The lowest BCUT2D eigenvalue weighted by Gasteiger charge is -2.41. The van der Waals surface area contributed by atoms with Crippen molar-refractivity contribution in [1.29, 1.82) is 0 Å². The zero-order valence-corrected chi connectivity index (χ0v) is 9.86. The van der Waals surface area contributed by atoms with Crippen LogP contribution >= 0.6 is 0 Å². The topological polar surface area (TPSA) is 95.9 Å². The summed E-state index contributed by atoms with van der Waals surface area (Å²) in [5, 5.41) is 11.0. The van der Waals surface area contributed by atoms with E-state index in [1.54, 1.807) is 13.8 Å². The first-order chi connectivity index (χ1) is 7.85. The van der Waals surface area contributed by atoms with E-state index in [9.17, 15) is 14.4 Å². The average Bonchev–Trinajstić information content (AvgIpc) is 2.21. The Morgan fingerprint density at radius 3 is 2.71 bits per heavy atom. The lowest BCUT2D eigenvalue weighted by atomic mass is 9.99. The molecule has 1 rings (SSSR count). The number of nitrogens with zero attached hydrogens (tertiary/aromatic N) is 1. The SMILES string of the molecule is CC1(C)C(=O)NCCN1C(=O)COCC(=O)O. The molecule has 17 heavy (non-hydrogen) atoms.